The van der Waals surface area contributed by atoms with E-state index in [4.69, 9.17) is 10.5 Å². The Kier molecular flexibility index (Phi) is 7.25. The summed E-state index contributed by atoms with van der Waals surface area (Å²) in [5.74, 6) is -1.09. The molecule has 1 aromatic rings. The summed E-state index contributed by atoms with van der Waals surface area (Å²) in [4.78, 5) is 35.1. The largest absolute Gasteiger partial charge is 0.456 e. The number of Topliss-reactive ketones (excluding diaryl/α,β-unsaturated/α-hetero) is 1. The number of hydrogen-bond donors (Lipinski definition) is 2. The van der Waals surface area contributed by atoms with E-state index in [0.29, 0.717) is 12.0 Å². The third-order valence-corrected chi connectivity index (χ3v) is 3.79. The van der Waals surface area contributed by atoms with Crippen molar-refractivity contribution in [1.29, 1.82) is 0 Å². The fourth-order valence-corrected chi connectivity index (χ4v) is 2.06. The minimum absolute atomic E-state index is 0.145. The van der Waals surface area contributed by atoms with Crippen LogP contribution in [0.3, 0.4) is 0 Å². The molecule has 0 fully saturated rings. The standard InChI is InChI=1S/C17H24N2O4/c1-4-11(3)15(19-17(18)22)16(21)23-10-14(20)13-8-6-12(5-2)7-9-13/h6-9,11,15H,4-5,10H2,1-3H3,(H3,18,19,22)/t11-,15+/m1/s1. The first-order valence-corrected chi connectivity index (χ1v) is 7.73. The van der Waals surface area contributed by atoms with Crippen LogP contribution < -0.4 is 11.1 Å². The van der Waals surface area contributed by atoms with Gasteiger partial charge in [-0.1, -0.05) is 51.5 Å². The zero-order valence-corrected chi connectivity index (χ0v) is 13.8. The number of esters is 1. The molecule has 0 bridgehead atoms. The second kappa shape index (κ2) is 8.92. The minimum atomic E-state index is -0.854. The van der Waals surface area contributed by atoms with Gasteiger partial charge in [-0.3, -0.25) is 4.79 Å². The molecule has 6 heteroatoms. The monoisotopic (exact) mass is 320 g/mol. The molecule has 0 saturated carbocycles. The molecule has 1 aromatic carbocycles. The summed E-state index contributed by atoms with van der Waals surface area (Å²) in [5.41, 5.74) is 6.68. The Labute approximate surface area is 136 Å². The number of nitrogens with one attached hydrogen (secondary N) is 1. The Morgan fingerprint density at radius 2 is 1.78 bits per heavy atom. The van der Waals surface area contributed by atoms with Crippen molar-refractivity contribution in [2.24, 2.45) is 11.7 Å². The number of nitrogens with two attached hydrogens (primary N) is 1. The lowest BCUT2D eigenvalue weighted by Crippen LogP contribution is -2.48. The van der Waals surface area contributed by atoms with Crippen molar-refractivity contribution in [3.8, 4) is 0 Å². The maximum Gasteiger partial charge on any atom is 0.329 e. The molecule has 0 aliphatic rings. The van der Waals surface area contributed by atoms with Crippen LogP contribution >= 0.6 is 0 Å². The van der Waals surface area contributed by atoms with E-state index in [0.717, 1.165) is 12.0 Å². The Balaban J connectivity index is 2.64. The van der Waals surface area contributed by atoms with E-state index in [1.54, 1.807) is 19.1 Å². The molecule has 126 valence electrons. The van der Waals surface area contributed by atoms with Gasteiger partial charge in [0, 0.05) is 5.56 Å². The van der Waals surface area contributed by atoms with E-state index < -0.39 is 18.0 Å². The van der Waals surface area contributed by atoms with Crippen molar-refractivity contribution < 1.29 is 19.1 Å². The smallest absolute Gasteiger partial charge is 0.329 e. The number of primary amides is 1. The lowest BCUT2D eigenvalue weighted by atomic mass is 9.99. The van der Waals surface area contributed by atoms with Crippen LogP contribution in [0.1, 0.15) is 43.1 Å². The molecule has 6 nitrogen and oxygen atoms in total. The molecular formula is C17H24N2O4. The number of carbonyl (C=O) groups excluding carboxylic acids is 3. The Morgan fingerprint density at radius 3 is 2.26 bits per heavy atom. The minimum Gasteiger partial charge on any atom is -0.456 e. The first kappa shape index (κ1) is 18.7. The topological polar surface area (TPSA) is 98.5 Å². The van der Waals surface area contributed by atoms with Gasteiger partial charge in [0.1, 0.15) is 6.04 Å². The predicted octanol–water partition coefficient (Wildman–Crippen LogP) is 2.06. The number of amides is 2. The molecule has 0 spiro atoms. The first-order valence-electron chi connectivity index (χ1n) is 7.73. The molecule has 2 atom stereocenters. The summed E-state index contributed by atoms with van der Waals surface area (Å²) in [6, 6.07) is 5.50. The van der Waals surface area contributed by atoms with Gasteiger partial charge < -0.3 is 15.8 Å². The van der Waals surface area contributed by atoms with Crippen LogP contribution in [0.4, 0.5) is 4.79 Å². The summed E-state index contributed by atoms with van der Waals surface area (Å²) < 4.78 is 5.04. The number of ether oxygens (including phenoxy) is 1. The molecule has 0 saturated heterocycles. The average Bonchev–Trinajstić information content (AvgIpc) is 2.56. The second-order valence-corrected chi connectivity index (χ2v) is 5.45. The molecule has 0 unspecified atom stereocenters. The van der Waals surface area contributed by atoms with Gasteiger partial charge >= 0.3 is 12.0 Å². The molecule has 0 aromatic heterocycles. The number of carbonyl (C=O) groups is 3. The quantitative estimate of drug-likeness (QED) is 0.566. The fourth-order valence-electron chi connectivity index (χ4n) is 2.06. The highest BCUT2D eigenvalue weighted by atomic mass is 16.5. The number of aryl methyl sites for hydroxylation is 1. The van der Waals surface area contributed by atoms with Gasteiger partial charge in [-0.05, 0) is 17.9 Å². The van der Waals surface area contributed by atoms with E-state index in [2.05, 4.69) is 5.32 Å². The lowest BCUT2D eigenvalue weighted by molar-refractivity contribution is -0.146. The van der Waals surface area contributed by atoms with Crippen molar-refractivity contribution in [1.82, 2.24) is 5.32 Å². The van der Waals surface area contributed by atoms with E-state index in [1.165, 1.54) is 0 Å². The maximum absolute atomic E-state index is 12.1. The van der Waals surface area contributed by atoms with Crippen molar-refractivity contribution >= 4 is 17.8 Å². The van der Waals surface area contributed by atoms with Crippen molar-refractivity contribution in [3.05, 3.63) is 35.4 Å². The van der Waals surface area contributed by atoms with Gasteiger partial charge in [0.25, 0.3) is 0 Å². The van der Waals surface area contributed by atoms with Crippen LogP contribution in [0.25, 0.3) is 0 Å². The van der Waals surface area contributed by atoms with Gasteiger partial charge in [-0.2, -0.15) is 0 Å². The molecule has 23 heavy (non-hydrogen) atoms. The normalized spacial score (nSPS) is 13.0. The third kappa shape index (κ3) is 5.73. The summed E-state index contributed by atoms with van der Waals surface area (Å²) in [6.07, 6.45) is 1.55. The van der Waals surface area contributed by atoms with Crippen LogP contribution in [0.5, 0.6) is 0 Å². The predicted molar refractivity (Wildman–Crippen MR) is 87.1 cm³/mol. The zero-order valence-electron chi connectivity index (χ0n) is 13.8. The van der Waals surface area contributed by atoms with Crippen LogP contribution in [-0.2, 0) is 16.0 Å². The molecule has 1 rings (SSSR count). The van der Waals surface area contributed by atoms with Crippen LogP contribution in [0.2, 0.25) is 0 Å². The highest BCUT2D eigenvalue weighted by molar-refractivity contribution is 5.98. The van der Waals surface area contributed by atoms with E-state index >= 15 is 0 Å². The molecule has 0 aliphatic heterocycles. The Morgan fingerprint density at radius 1 is 1.17 bits per heavy atom. The van der Waals surface area contributed by atoms with E-state index in [-0.39, 0.29) is 18.3 Å². The number of urea groups is 1. The Hall–Kier alpha value is -2.37. The number of ketones is 1. The van der Waals surface area contributed by atoms with Gasteiger partial charge in [0.15, 0.2) is 12.4 Å². The van der Waals surface area contributed by atoms with Crippen molar-refractivity contribution in [2.45, 2.75) is 39.7 Å². The number of rotatable bonds is 8. The van der Waals surface area contributed by atoms with Crippen molar-refractivity contribution in [3.63, 3.8) is 0 Å². The molecule has 0 aliphatic carbocycles. The van der Waals surface area contributed by atoms with Crippen LogP contribution in [0.15, 0.2) is 24.3 Å². The fraction of sp³-hybridized carbons (Fsp3) is 0.471. The van der Waals surface area contributed by atoms with Gasteiger partial charge in [-0.15, -0.1) is 0 Å². The highest BCUT2D eigenvalue weighted by Gasteiger charge is 2.27. The zero-order chi connectivity index (χ0) is 17.4. The number of hydrogen-bond acceptors (Lipinski definition) is 4. The van der Waals surface area contributed by atoms with Crippen LogP contribution in [-0.4, -0.2) is 30.4 Å². The number of benzene rings is 1. The first-order chi connectivity index (χ1) is 10.9. The van der Waals surface area contributed by atoms with E-state index in [1.807, 2.05) is 26.0 Å². The molecular weight excluding hydrogens is 296 g/mol. The molecule has 0 heterocycles. The van der Waals surface area contributed by atoms with Gasteiger partial charge in [-0.25, -0.2) is 9.59 Å². The summed E-state index contributed by atoms with van der Waals surface area (Å²) in [5, 5.41) is 2.36. The maximum atomic E-state index is 12.1. The van der Waals surface area contributed by atoms with E-state index in [9.17, 15) is 14.4 Å². The van der Waals surface area contributed by atoms with Crippen molar-refractivity contribution in [2.75, 3.05) is 6.61 Å². The molecule has 3 N–H and O–H groups in total. The van der Waals surface area contributed by atoms with Gasteiger partial charge in [0.05, 0.1) is 0 Å². The van der Waals surface area contributed by atoms with Gasteiger partial charge in [0.2, 0.25) is 0 Å². The summed E-state index contributed by atoms with van der Waals surface area (Å²) >= 11 is 0. The molecule has 2 amide bonds. The van der Waals surface area contributed by atoms with Crippen LogP contribution in [0, 0.1) is 5.92 Å². The average molecular weight is 320 g/mol. The third-order valence-electron chi connectivity index (χ3n) is 3.79. The Bertz CT molecular complexity index is 554. The summed E-state index contributed by atoms with van der Waals surface area (Å²) in [6.45, 7) is 5.35. The highest BCUT2D eigenvalue weighted by Crippen LogP contribution is 2.10. The molecule has 0 radical (unpaired) electrons. The lowest BCUT2D eigenvalue weighted by Gasteiger charge is -2.21. The summed E-state index contributed by atoms with van der Waals surface area (Å²) in [7, 11) is 0. The SMILES string of the molecule is CCc1ccc(C(=O)COC(=O)[C@@H](NC(N)=O)[C@H](C)CC)cc1. The second-order valence-electron chi connectivity index (χ2n) is 5.45.